The molecule has 3 rings (SSSR count). The van der Waals surface area contributed by atoms with Gasteiger partial charge in [-0.05, 0) is 55.7 Å². The molecule has 0 radical (unpaired) electrons. The lowest BCUT2D eigenvalue weighted by Crippen LogP contribution is -2.41. The lowest BCUT2D eigenvalue weighted by molar-refractivity contribution is -0.120. The molecule has 0 aromatic heterocycles. The van der Waals surface area contributed by atoms with Crippen molar-refractivity contribution in [2.24, 2.45) is 5.92 Å². The second kappa shape index (κ2) is 11.4. The average molecular weight is 478 g/mol. The van der Waals surface area contributed by atoms with Gasteiger partial charge in [-0.2, -0.15) is 4.31 Å². The molecule has 1 saturated heterocycles. The van der Waals surface area contributed by atoms with Crippen molar-refractivity contribution in [1.29, 1.82) is 0 Å². The first kappa shape index (κ1) is 24.8. The van der Waals surface area contributed by atoms with Crippen LogP contribution in [0, 0.1) is 11.7 Å². The van der Waals surface area contributed by atoms with Crippen LogP contribution in [0.15, 0.2) is 53.4 Å². The minimum atomic E-state index is -3.74. The third kappa shape index (κ3) is 6.37. The summed E-state index contributed by atoms with van der Waals surface area (Å²) in [5, 5.41) is 5.62. The largest absolute Gasteiger partial charge is 0.385 e. The smallest absolute Gasteiger partial charge is 0.253 e. The molecule has 2 aromatic rings. The molecule has 1 aliphatic rings. The highest BCUT2D eigenvalue weighted by molar-refractivity contribution is 7.89. The lowest BCUT2D eigenvalue weighted by Gasteiger charge is -2.30. The van der Waals surface area contributed by atoms with E-state index in [0.717, 1.165) is 12.1 Å². The maximum Gasteiger partial charge on any atom is 0.253 e. The van der Waals surface area contributed by atoms with E-state index in [0.29, 0.717) is 43.7 Å². The number of piperidine rings is 1. The molecule has 0 bridgehead atoms. The SMILES string of the molecule is COCCCNC(=O)c1ccccc1NC(=O)C1CCN(S(=O)(=O)c2ccc(F)cc2)CC1. The number of amides is 2. The maximum absolute atomic E-state index is 13.1. The monoisotopic (exact) mass is 477 g/mol. The molecule has 8 nitrogen and oxygen atoms in total. The van der Waals surface area contributed by atoms with Crippen molar-refractivity contribution in [2.75, 3.05) is 38.7 Å². The number of rotatable bonds is 9. The molecule has 2 N–H and O–H groups in total. The summed E-state index contributed by atoms with van der Waals surface area (Å²) in [6, 6.07) is 11.4. The molecular formula is C23H28FN3O5S. The van der Waals surface area contributed by atoms with Gasteiger partial charge in [-0.3, -0.25) is 9.59 Å². The van der Waals surface area contributed by atoms with Crippen molar-refractivity contribution in [3.05, 3.63) is 59.9 Å². The summed E-state index contributed by atoms with van der Waals surface area (Å²) >= 11 is 0. The molecule has 0 atom stereocenters. The van der Waals surface area contributed by atoms with Gasteiger partial charge in [-0.15, -0.1) is 0 Å². The lowest BCUT2D eigenvalue weighted by atomic mass is 9.97. The highest BCUT2D eigenvalue weighted by Gasteiger charge is 2.32. The number of ether oxygens (including phenoxy) is 1. The summed E-state index contributed by atoms with van der Waals surface area (Å²) in [6.45, 7) is 1.35. The number of para-hydroxylation sites is 1. The number of carbonyl (C=O) groups is 2. The van der Waals surface area contributed by atoms with Gasteiger partial charge in [0.05, 0.1) is 16.1 Å². The number of sulfonamides is 1. The Hall–Kier alpha value is -2.82. The maximum atomic E-state index is 13.1. The summed E-state index contributed by atoms with van der Waals surface area (Å²) in [7, 11) is -2.15. The first-order valence-corrected chi connectivity index (χ1v) is 12.2. The fourth-order valence-corrected chi connectivity index (χ4v) is 5.12. The van der Waals surface area contributed by atoms with E-state index in [9.17, 15) is 22.4 Å². The Bertz CT molecular complexity index is 1070. The van der Waals surface area contributed by atoms with E-state index in [1.165, 1.54) is 16.4 Å². The standard InChI is InChI=1S/C23H28FN3O5S/c1-32-16-4-13-25-23(29)20-5-2-3-6-21(20)26-22(28)17-11-14-27(15-12-17)33(30,31)19-9-7-18(24)8-10-19/h2-3,5-10,17H,4,11-16H2,1H3,(H,25,29)(H,26,28). The fraction of sp³-hybridized carbons (Fsp3) is 0.391. The van der Waals surface area contributed by atoms with Crippen LogP contribution in [0.4, 0.5) is 10.1 Å². The zero-order valence-electron chi connectivity index (χ0n) is 18.4. The Morgan fingerprint density at radius 2 is 1.76 bits per heavy atom. The van der Waals surface area contributed by atoms with Gasteiger partial charge in [-0.25, -0.2) is 12.8 Å². The summed E-state index contributed by atoms with van der Waals surface area (Å²) in [4.78, 5) is 25.4. The van der Waals surface area contributed by atoms with Crippen molar-refractivity contribution >= 4 is 27.5 Å². The van der Waals surface area contributed by atoms with Crippen LogP contribution < -0.4 is 10.6 Å². The third-order valence-corrected chi connectivity index (χ3v) is 7.43. The summed E-state index contributed by atoms with van der Waals surface area (Å²) in [5.74, 6) is -1.44. The van der Waals surface area contributed by atoms with Gasteiger partial charge < -0.3 is 15.4 Å². The topological polar surface area (TPSA) is 105 Å². The average Bonchev–Trinajstić information content (AvgIpc) is 2.82. The van der Waals surface area contributed by atoms with Gasteiger partial charge in [0.2, 0.25) is 15.9 Å². The molecule has 1 fully saturated rings. The minimum Gasteiger partial charge on any atom is -0.385 e. The van der Waals surface area contributed by atoms with Crippen molar-refractivity contribution in [3.63, 3.8) is 0 Å². The van der Waals surface area contributed by atoms with E-state index in [1.807, 2.05) is 0 Å². The molecule has 0 spiro atoms. The molecule has 0 saturated carbocycles. The second-order valence-corrected chi connectivity index (χ2v) is 9.71. The second-order valence-electron chi connectivity index (χ2n) is 7.77. The number of hydrogen-bond acceptors (Lipinski definition) is 5. The van der Waals surface area contributed by atoms with Crippen molar-refractivity contribution in [2.45, 2.75) is 24.2 Å². The van der Waals surface area contributed by atoms with Crippen LogP contribution in [0.25, 0.3) is 0 Å². The molecule has 2 aromatic carbocycles. The van der Waals surface area contributed by atoms with Crippen molar-refractivity contribution in [1.82, 2.24) is 9.62 Å². The van der Waals surface area contributed by atoms with E-state index < -0.39 is 15.8 Å². The minimum absolute atomic E-state index is 0.0252. The molecule has 178 valence electrons. The van der Waals surface area contributed by atoms with E-state index in [4.69, 9.17) is 4.74 Å². The highest BCUT2D eigenvalue weighted by atomic mass is 32.2. The molecule has 1 heterocycles. The van der Waals surface area contributed by atoms with Gasteiger partial charge in [0.1, 0.15) is 5.82 Å². The van der Waals surface area contributed by atoms with Gasteiger partial charge in [0.25, 0.3) is 5.91 Å². The van der Waals surface area contributed by atoms with Crippen LogP contribution in [0.5, 0.6) is 0 Å². The molecular weight excluding hydrogens is 449 g/mol. The summed E-state index contributed by atoms with van der Waals surface area (Å²) in [5.41, 5.74) is 0.771. The van der Waals surface area contributed by atoms with Gasteiger partial charge >= 0.3 is 0 Å². The summed E-state index contributed by atoms with van der Waals surface area (Å²) in [6.07, 6.45) is 1.37. The Morgan fingerprint density at radius 1 is 1.09 bits per heavy atom. The fourth-order valence-electron chi connectivity index (χ4n) is 3.65. The number of nitrogens with one attached hydrogen (secondary N) is 2. The van der Waals surface area contributed by atoms with Crippen molar-refractivity contribution in [3.8, 4) is 0 Å². The van der Waals surface area contributed by atoms with Crippen LogP contribution >= 0.6 is 0 Å². The first-order chi connectivity index (χ1) is 15.8. The zero-order valence-corrected chi connectivity index (χ0v) is 19.2. The number of methoxy groups -OCH3 is 1. The van der Waals surface area contributed by atoms with Crippen LogP contribution in [0.2, 0.25) is 0 Å². The number of nitrogens with zero attached hydrogens (tertiary/aromatic N) is 1. The van der Waals surface area contributed by atoms with E-state index in [1.54, 1.807) is 31.4 Å². The Morgan fingerprint density at radius 3 is 2.42 bits per heavy atom. The quantitative estimate of drug-likeness (QED) is 0.541. The van der Waals surface area contributed by atoms with Crippen LogP contribution in [-0.4, -0.2) is 57.9 Å². The van der Waals surface area contributed by atoms with E-state index >= 15 is 0 Å². The number of benzene rings is 2. The van der Waals surface area contributed by atoms with Gasteiger partial charge in [-0.1, -0.05) is 12.1 Å². The molecule has 0 aliphatic carbocycles. The molecule has 33 heavy (non-hydrogen) atoms. The Labute approximate surface area is 193 Å². The number of hydrogen-bond donors (Lipinski definition) is 2. The summed E-state index contributed by atoms with van der Waals surface area (Å²) < 4.78 is 44.9. The van der Waals surface area contributed by atoms with Gasteiger partial charge in [0, 0.05) is 39.3 Å². The highest BCUT2D eigenvalue weighted by Crippen LogP contribution is 2.25. The number of halogens is 1. The Balaban J connectivity index is 1.58. The molecule has 10 heteroatoms. The van der Waals surface area contributed by atoms with Crippen molar-refractivity contribution < 1.29 is 27.1 Å². The first-order valence-electron chi connectivity index (χ1n) is 10.8. The number of anilines is 1. The van der Waals surface area contributed by atoms with Gasteiger partial charge in [0.15, 0.2) is 0 Å². The zero-order chi connectivity index (χ0) is 23.8. The van der Waals surface area contributed by atoms with Crippen LogP contribution in [0.1, 0.15) is 29.6 Å². The molecule has 0 unspecified atom stereocenters. The van der Waals surface area contributed by atoms with E-state index in [-0.39, 0.29) is 35.7 Å². The van der Waals surface area contributed by atoms with E-state index in [2.05, 4.69) is 10.6 Å². The normalized spacial score (nSPS) is 15.2. The third-order valence-electron chi connectivity index (χ3n) is 5.52. The molecule has 1 aliphatic heterocycles. The van der Waals surface area contributed by atoms with Crippen LogP contribution in [0.3, 0.4) is 0 Å². The van der Waals surface area contributed by atoms with Crippen LogP contribution in [-0.2, 0) is 19.6 Å². The number of carbonyl (C=O) groups excluding carboxylic acids is 2. The molecule has 2 amide bonds. The Kier molecular flexibility index (Phi) is 8.54. The predicted molar refractivity (Wildman–Crippen MR) is 122 cm³/mol. The predicted octanol–water partition coefficient (Wildman–Crippen LogP) is 2.63.